The summed E-state index contributed by atoms with van der Waals surface area (Å²) in [5.41, 5.74) is 1.36. The van der Waals surface area contributed by atoms with E-state index in [-0.39, 0.29) is 0 Å². The molecule has 21 heavy (non-hydrogen) atoms. The molecule has 2 aliphatic rings. The molecule has 2 heterocycles. The molecule has 0 spiro atoms. The van der Waals surface area contributed by atoms with Gasteiger partial charge in [-0.2, -0.15) is 0 Å². The third-order valence-electron chi connectivity index (χ3n) is 4.81. The van der Waals surface area contributed by atoms with Gasteiger partial charge >= 0.3 is 0 Å². The number of thiazole rings is 1. The second kappa shape index (κ2) is 6.63. The number of hydrogen-bond donors (Lipinski definition) is 1. The molecule has 1 saturated heterocycles. The van der Waals surface area contributed by atoms with Crippen molar-refractivity contribution in [1.82, 2.24) is 15.2 Å². The van der Waals surface area contributed by atoms with E-state index in [0.717, 1.165) is 26.2 Å². The summed E-state index contributed by atoms with van der Waals surface area (Å²) >= 11 is 1.94. The first-order valence-corrected chi connectivity index (χ1v) is 9.19. The van der Waals surface area contributed by atoms with Crippen molar-refractivity contribution in [2.24, 2.45) is 0 Å². The minimum Gasteiger partial charge on any atom is -0.345 e. The fraction of sp³-hybridized carbons (Fsp3) is 0.812. The highest BCUT2D eigenvalue weighted by Crippen LogP contribution is 2.38. The predicted octanol–water partition coefficient (Wildman–Crippen LogP) is 2.66. The van der Waals surface area contributed by atoms with Crippen LogP contribution in [0.3, 0.4) is 0 Å². The molecule has 118 valence electrons. The molecule has 0 amide bonds. The highest BCUT2D eigenvalue weighted by atomic mass is 32.1. The predicted molar refractivity (Wildman–Crippen MR) is 90.4 cm³/mol. The Hall–Kier alpha value is -0.650. The average molecular weight is 308 g/mol. The van der Waals surface area contributed by atoms with E-state index in [2.05, 4.69) is 36.0 Å². The van der Waals surface area contributed by atoms with E-state index in [1.807, 2.05) is 11.3 Å². The van der Waals surface area contributed by atoms with Crippen LogP contribution < -0.4 is 10.2 Å². The van der Waals surface area contributed by atoms with Crippen LogP contribution in [0.15, 0.2) is 0 Å². The zero-order chi connectivity index (χ0) is 14.8. The van der Waals surface area contributed by atoms with E-state index in [9.17, 15) is 0 Å². The first-order chi connectivity index (χ1) is 10.2. The summed E-state index contributed by atoms with van der Waals surface area (Å²) in [6.45, 7) is 9.02. The number of aromatic nitrogens is 1. The Balaban J connectivity index is 1.75. The van der Waals surface area contributed by atoms with Gasteiger partial charge in [0.2, 0.25) is 0 Å². The van der Waals surface area contributed by atoms with Gasteiger partial charge in [-0.25, -0.2) is 4.98 Å². The molecule has 3 rings (SSSR count). The number of hydrogen-bond acceptors (Lipinski definition) is 5. The Labute approximate surface area is 132 Å². The van der Waals surface area contributed by atoms with E-state index < -0.39 is 0 Å². The van der Waals surface area contributed by atoms with E-state index >= 15 is 0 Å². The van der Waals surface area contributed by atoms with E-state index in [1.54, 1.807) is 0 Å². The Kier molecular flexibility index (Phi) is 4.82. The lowest BCUT2D eigenvalue weighted by molar-refractivity contribution is 0.234. The number of aryl methyl sites for hydroxylation is 1. The molecule has 0 saturated carbocycles. The topological polar surface area (TPSA) is 31.4 Å². The second-order valence-corrected chi connectivity index (χ2v) is 7.49. The molecule has 0 radical (unpaired) electrons. The van der Waals surface area contributed by atoms with Gasteiger partial charge in [-0.1, -0.05) is 18.3 Å². The third kappa shape index (κ3) is 3.25. The minimum atomic E-state index is 0.546. The lowest BCUT2D eigenvalue weighted by atomic mass is 9.98. The number of piperazine rings is 1. The summed E-state index contributed by atoms with van der Waals surface area (Å²) in [4.78, 5) is 11.4. The number of likely N-dealkylation sites (N-methyl/N-ethyl adjacent to an activating group) is 1. The molecule has 1 fully saturated rings. The summed E-state index contributed by atoms with van der Waals surface area (Å²) in [5.74, 6) is 0. The summed E-state index contributed by atoms with van der Waals surface area (Å²) in [6, 6.07) is 1.17. The van der Waals surface area contributed by atoms with Crippen molar-refractivity contribution < 1.29 is 0 Å². The smallest absolute Gasteiger partial charge is 0.185 e. The zero-order valence-electron chi connectivity index (χ0n) is 13.6. The Morgan fingerprint density at radius 3 is 3.00 bits per heavy atom. The van der Waals surface area contributed by atoms with Crippen molar-refractivity contribution in [2.75, 3.05) is 38.1 Å². The van der Waals surface area contributed by atoms with Gasteiger partial charge in [0.25, 0.3) is 0 Å². The van der Waals surface area contributed by atoms with E-state index in [1.165, 1.54) is 41.4 Å². The van der Waals surface area contributed by atoms with Crippen LogP contribution in [0.5, 0.6) is 0 Å². The van der Waals surface area contributed by atoms with Gasteiger partial charge < -0.3 is 15.1 Å². The largest absolute Gasteiger partial charge is 0.345 e. The number of rotatable bonds is 4. The van der Waals surface area contributed by atoms with Crippen LogP contribution in [0, 0.1) is 0 Å². The first kappa shape index (κ1) is 15.3. The van der Waals surface area contributed by atoms with Crippen molar-refractivity contribution >= 4 is 16.5 Å². The molecule has 4 nitrogen and oxygen atoms in total. The van der Waals surface area contributed by atoms with Gasteiger partial charge in [-0.3, -0.25) is 0 Å². The summed E-state index contributed by atoms with van der Waals surface area (Å²) in [7, 11) is 2.22. The van der Waals surface area contributed by atoms with Gasteiger partial charge in [0.15, 0.2) is 5.13 Å². The monoisotopic (exact) mass is 308 g/mol. The van der Waals surface area contributed by atoms with E-state index in [0.29, 0.717) is 12.1 Å². The quantitative estimate of drug-likeness (QED) is 0.926. The molecule has 2 atom stereocenters. The van der Waals surface area contributed by atoms with Gasteiger partial charge in [0.1, 0.15) is 0 Å². The fourth-order valence-corrected chi connectivity index (χ4v) is 4.53. The maximum atomic E-state index is 4.98. The molecule has 0 bridgehead atoms. The van der Waals surface area contributed by atoms with E-state index in [4.69, 9.17) is 4.98 Å². The number of fused-ring (bicyclic) bond motifs is 1. The van der Waals surface area contributed by atoms with Crippen LogP contribution >= 0.6 is 11.3 Å². The second-order valence-electron chi connectivity index (χ2n) is 6.48. The van der Waals surface area contributed by atoms with Crippen molar-refractivity contribution in [3.05, 3.63) is 10.6 Å². The van der Waals surface area contributed by atoms with Crippen LogP contribution in [-0.4, -0.2) is 49.2 Å². The van der Waals surface area contributed by atoms with Crippen molar-refractivity contribution in [3.8, 4) is 0 Å². The van der Waals surface area contributed by atoms with Gasteiger partial charge in [-0.05, 0) is 46.2 Å². The molecule has 1 aliphatic carbocycles. The molecule has 2 unspecified atom stereocenters. The summed E-state index contributed by atoms with van der Waals surface area (Å²) in [5, 5.41) is 4.96. The van der Waals surface area contributed by atoms with Crippen molar-refractivity contribution in [2.45, 2.75) is 51.6 Å². The van der Waals surface area contributed by atoms with Gasteiger partial charge in [0.05, 0.1) is 5.69 Å². The molecule has 0 aromatic carbocycles. The van der Waals surface area contributed by atoms with Crippen LogP contribution in [0.25, 0.3) is 0 Å². The molecule has 1 aromatic rings. The van der Waals surface area contributed by atoms with Gasteiger partial charge in [-0.15, -0.1) is 0 Å². The van der Waals surface area contributed by atoms with Crippen LogP contribution in [-0.2, 0) is 6.42 Å². The summed E-state index contributed by atoms with van der Waals surface area (Å²) < 4.78 is 0. The number of nitrogens with one attached hydrogen (secondary N) is 1. The van der Waals surface area contributed by atoms with Gasteiger partial charge in [0, 0.05) is 36.6 Å². The minimum absolute atomic E-state index is 0.546. The normalized spacial score (nSPS) is 26.9. The zero-order valence-corrected chi connectivity index (χ0v) is 14.4. The molecular weight excluding hydrogens is 280 g/mol. The average Bonchev–Trinajstić information content (AvgIpc) is 2.92. The lowest BCUT2D eigenvalue weighted by Gasteiger charge is -2.37. The molecule has 1 aliphatic heterocycles. The molecule has 5 heteroatoms. The Morgan fingerprint density at radius 1 is 1.38 bits per heavy atom. The first-order valence-electron chi connectivity index (χ1n) is 8.37. The maximum Gasteiger partial charge on any atom is 0.185 e. The van der Waals surface area contributed by atoms with Crippen LogP contribution in [0.2, 0.25) is 0 Å². The van der Waals surface area contributed by atoms with Crippen molar-refractivity contribution in [1.29, 1.82) is 0 Å². The lowest BCUT2D eigenvalue weighted by Crippen LogP contribution is -2.50. The number of anilines is 1. The molecular formula is C16H28N4S. The van der Waals surface area contributed by atoms with Crippen LogP contribution in [0.1, 0.15) is 49.7 Å². The number of nitrogens with zero attached hydrogens (tertiary/aromatic N) is 3. The fourth-order valence-electron chi connectivity index (χ4n) is 3.28. The highest BCUT2D eigenvalue weighted by molar-refractivity contribution is 7.15. The van der Waals surface area contributed by atoms with Crippen molar-refractivity contribution in [3.63, 3.8) is 0 Å². The standard InChI is InChI=1S/C16H28N4S/c1-4-8-17-13-6-5-7-14-15(13)21-16(18-14)20-10-9-19(3)12(2)11-20/h12-13,17H,4-11H2,1-3H3. The SMILES string of the molecule is CCCNC1CCCc2nc(N3CCN(C)C(C)C3)sc21. The van der Waals surface area contributed by atoms with Crippen LogP contribution in [0.4, 0.5) is 5.13 Å². The Morgan fingerprint density at radius 2 is 2.24 bits per heavy atom. The Bertz CT molecular complexity index is 473. The molecule has 1 N–H and O–H groups in total. The third-order valence-corrected chi connectivity index (χ3v) is 6.08. The summed E-state index contributed by atoms with van der Waals surface area (Å²) in [6.07, 6.45) is 4.91. The highest BCUT2D eigenvalue weighted by Gasteiger charge is 2.28. The molecule has 1 aromatic heterocycles. The maximum absolute atomic E-state index is 4.98.